The van der Waals surface area contributed by atoms with Crippen molar-refractivity contribution in [3.05, 3.63) is 54.5 Å². The van der Waals surface area contributed by atoms with Crippen LogP contribution in [0.15, 0.2) is 48.7 Å². The fourth-order valence-electron chi connectivity index (χ4n) is 3.31. The molecule has 0 atom stereocenters. The first-order valence-corrected chi connectivity index (χ1v) is 9.54. The summed E-state index contributed by atoms with van der Waals surface area (Å²) in [6.45, 7) is 2.32. The molecule has 0 radical (unpaired) electrons. The van der Waals surface area contributed by atoms with Crippen LogP contribution in [0.1, 0.15) is 6.92 Å². The summed E-state index contributed by atoms with van der Waals surface area (Å²) in [5, 5.41) is 8.41. The fraction of sp³-hybridized carbons (Fsp3) is 0.143. The number of anilines is 2. The number of benzene rings is 2. The van der Waals surface area contributed by atoms with Crippen LogP contribution in [0, 0.1) is 5.82 Å². The Morgan fingerprint density at radius 2 is 1.90 bits per heavy atom. The molecule has 0 aliphatic carbocycles. The zero-order valence-corrected chi connectivity index (χ0v) is 16.6. The summed E-state index contributed by atoms with van der Waals surface area (Å²) in [6.07, 6.45) is 1.68. The molecule has 5 N–H and O–H groups in total. The SMILES string of the molecule is CC(=O)NCCNc1nc2ccc(F)cc2n2c(-c3ccc(NC(N)=O)cc3)cnc12. The predicted octanol–water partition coefficient (Wildman–Crippen LogP) is 2.73. The molecule has 0 saturated carbocycles. The summed E-state index contributed by atoms with van der Waals surface area (Å²) < 4.78 is 15.9. The molecule has 9 nitrogen and oxygen atoms in total. The van der Waals surface area contributed by atoms with Gasteiger partial charge in [0.05, 0.1) is 22.9 Å². The van der Waals surface area contributed by atoms with Crippen LogP contribution in [0.3, 0.4) is 0 Å². The van der Waals surface area contributed by atoms with Gasteiger partial charge in [0.25, 0.3) is 0 Å². The smallest absolute Gasteiger partial charge is 0.316 e. The minimum Gasteiger partial charge on any atom is -0.365 e. The summed E-state index contributed by atoms with van der Waals surface area (Å²) >= 11 is 0. The van der Waals surface area contributed by atoms with Crippen molar-refractivity contribution in [3.8, 4) is 11.3 Å². The number of halogens is 1. The Labute approximate surface area is 176 Å². The number of hydrogen-bond acceptors (Lipinski definition) is 5. The maximum Gasteiger partial charge on any atom is 0.316 e. The Bertz CT molecular complexity index is 1280. The van der Waals surface area contributed by atoms with Crippen molar-refractivity contribution in [2.45, 2.75) is 6.92 Å². The van der Waals surface area contributed by atoms with Gasteiger partial charge in [-0.25, -0.2) is 19.2 Å². The van der Waals surface area contributed by atoms with Gasteiger partial charge in [-0.15, -0.1) is 0 Å². The highest BCUT2D eigenvalue weighted by Crippen LogP contribution is 2.29. The van der Waals surface area contributed by atoms with Crippen molar-refractivity contribution >= 4 is 40.1 Å². The number of nitrogens with zero attached hydrogens (tertiary/aromatic N) is 3. The average molecular weight is 421 g/mol. The van der Waals surface area contributed by atoms with E-state index in [-0.39, 0.29) is 11.7 Å². The Morgan fingerprint density at radius 1 is 1.13 bits per heavy atom. The van der Waals surface area contributed by atoms with Gasteiger partial charge in [0, 0.05) is 37.3 Å². The molecule has 2 aromatic carbocycles. The second kappa shape index (κ2) is 8.27. The van der Waals surface area contributed by atoms with Crippen molar-refractivity contribution in [2.24, 2.45) is 5.73 Å². The van der Waals surface area contributed by atoms with Crippen LogP contribution in [-0.4, -0.2) is 39.4 Å². The van der Waals surface area contributed by atoms with E-state index in [2.05, 4.69) is 25.9 Å². The number of fused-ring (bicyclic) bond motifs is 3. The zero-order valence-electron chi connectivity index (χ0n) is 16.6. The number of aromatic nitrogens is 3. The number of carbonyl (C=O) groups excluding carboxylic acids is 2. The first-order valence-electron chi connectivity index (χ1n) is 9.54. The van der Waals surface area contributed by atoms with Gasteiger partial charge in [-0.3, -0.25) is 9.20 Å². The molecule has 0 spiro atoms. The minimum absolute atomic E-state index is 0.119. The van der Waals surface area contributed by atoms with Gasteiger partial charge < -0.3 is 21.7 Å². The number of nitrogens with two attached hydrogens (primary N) is 1. The molecule has 158 valence electrons. The van der Waals surface area contributed by atoms with Gasteiger partial charge in [-0.05, 0) is 24.3 Å². The number of urea groups is 1. The summed E-state index contributed by atoms with van der Waals surface area (Å²) in [4.78, 5) is 31.2. The van der Waals surface area contributed by atoms with E-state index in [4.69, 9.17) is 5.73 Å². The second-order valence-electron chi connectivity index (χ2n) is 6.87. The molecule has 0 bridgehead atoms. The number of hydrogen-bond donors (Lipinski definition) is 4. The molecular weight excluding hydrogens is 401 g/mol. The van der Waals surface area contributed by atoms with Gasteiger partial charge in [-0.1, -0.05) is 12.1 Å². The zero-order chi connectivity index (χ0) is 22.0. The molecule has 3 amide bonds. The number of imidazole rings is 1. The molecule has 0 unspecified atom stereocenters. The van der Waals surface area contributed by atoms with Crippen LogP contribution in [0.5, 0.6) is 0 Å². The number of nitrogens with one attached hydrogen (secondary N) is 3. The van der Waals surface area contributed by atoms with Crippen LogP contribution in [0.2, 0.25) is 0 Å². The minimum atomic E-state index is -0.648. The molecule has 31 heavy (non-hydrogen) atoms. The Balaban J connectivity index is 1.79. The monoisotopic (exact) mass is 421 g/mol. The highest BCUT2D eigenvalue weighted by Gasteiger charge is 2.15. The third-order valence-electron chi connectivity index (χ3n) is 4.62. The van der Waals surface area contributed by atoms with E-state index in [0.717, 1.165) is 11.3 Å². The van der Waals surface area contributed by atoms with E-state index >= 15 is 0 Å². The van der Waals surface area contributed by atoms with Gasteiger partial charge in [-0.2, -0.15) is 0 Å². The van der Waals surface area contributed by atoms with Crippen molar-refractivity contribution in [1.29, 1.82) is 0 Å². The summed E-state index contributed by atoms with van der Waals surface area (Å²) in [6, 6.07) is 10.8. The van der Waals surface area contributed by atoms with Crippen molar-refractivity contribution in [3.63, 3.8) is 0 Å². The fourth-order valence-corrected chi connectivity index (χ4v) is 3.31. The molecule has 0 aliphatic heterocycles. The van der Waals surface area contributed by atoms with E-state index in [1.165, 1.54) is 19.1 Å². The van der Waals surface area contributed by atoms with E-state index in [0.29, 0.717) is 41.3 Å². The molecule has 4 rings (SSSR count). The lowest BCUT2D eigenvalue weighted by molar-refractivity contribution is -0.118. The highest BCUT2D eigenvalue weighted by molar-refractivity contribution is 5.89. The predicted molar refractivity (Wildman–Crippen MR) is 116 cm³/mol. The van der Waals surface area contributed by atoms with Crippen molar-refractivity contribution in [1.82, 2.24) is 19.7 Å². The largest absolute Gasteiger partial charge is 0.365 e. The Morgan fingerprint density at radius 3 is 2.61 bits per heavy atom. The summed E-state index contributed by atoms with van der Waals surface area (Å²) in [7, 11) is 0. The Kier molecular flexibility index (Phi) is 5.35. The van der Waals surface area contributed by atoms with E-state index in [1.807, 2.05) is 16.5 Å². The quantitative estimate of drug-likeness (QED) is 0.356. The molecule has 2 aromatic heterocycles. The van der Waals surface area contributed by atoms with Gasteiger partial charge >= 0.3 is 6.03 Å². The van der Waals surface area contributed by atoms with E-state index in [1.54, 1.807) is 24.4 Å². The van der Waals surface area contributed by atoms with Gasteiger partial charge in [0.2, 0.25) is 5.91 Å². The summed E-state index contributed by atoms with van der Waals surface area (Å²) in [5.41, 5.74) is 8.92. The standard InChI is InChI=1S/C21H20FN7O2/c1-12(30)24-8-9-25-19-20-26-11-18(13-2-5-15(6-3-13)27-21(23)31)29(20)17-10-14(22)4-7-16(17)28-19/h2-7,10-11H,8-9H2,1H3,(H,24,30)(H,25,28)(H3,23,27,31). The molecule has 0 saturated heterocycles. The lowest BCUT2D eigenvalue weighted by Gasteiger charge is -2.12. The first-order chi connectivity index (χ1) is 14.9. The number of primary amides is 1. The number of amides is 3. The number of rotatable bonds is 6. The lowest BCUT2D eigenvalue weighted by atomic mass is 10.1. The molecule has 10 heteroatoms. The lowest BCUT2D eigenvalue weighted by Crippen LogP contribution is -2.26. The molecule has 4 aromatic rings. The van der Waals surface area contributed by atoms with Crippen LogP contribution < -0.4 is 21.7 Å². The number of carbonyl (C=O) groups is 2. The molecule has 2 heterocycles. The summed E-state index contributed by atoms with van der Waals surface area (Å²) in [5.74, 6) is 0.0108. The Hall–Kier alpha value is -4.21. The van der Waals surface area contributed by atoms with E-state index in [9.17, 15) is 14.0 Å². The maximum absolute atomic E-state index is 14.0. The topological polar surface area (TPSA) is 126 Å². The highest BCUT2D eigenvalue weighted by atomic mass is 19.1. The van der Waals surface area contributed by atoms with Gasteiger partial charge in [0.15, 0.2) is 11.5 Å². The van der Waals surface area contributed by atoms with Crippen LogP contribution in [0.4, 0.5) is 20.7 Å². The maximum atomic E-state index is 14.0. The molecule has 0 fully saturated rings. The van der Waals surface area contributed by atoms with E-state index < -0.39 is 6.03 Å². The van der Waals surface area contributed by atoms with Gasteiger partial charge in [0.1, 0.15) is 5.82 Å². The van der Waals surface area contributed by atoms with Crippen molar-refractivity contribution < 1.29 is 14.0 Å². The third-order valence-corrected chi connectivity index (χ3v) is 4.62. The third kappa shape index (κ3) is 4.22. The normalized spacial score (nSPS) is 10.9. The molecule has 0 aliphatic rings. The molecular formula is C21H20FN7O2. The van der Waals surface area contributed by atoms with Crippen LogP contribution in [-0.2, 0) is 4.79 Å². The first kappa shape index (κ1) is 20.1. The second-order valence-corrected chi connectivity index (χ2v) is 6.87. The average Bonchev–Trinajstić information content (AvgIpc) is 3.17. The van der Waals surface area contributed by atoms with Crippen LogP contribution in [0.25, 0.3) is 27.9 Å². The van der Waals surface area contributed by atoms with Crippen molar-refractivity contribution in [2.75, 3.05) is 23.7 Å². The van der Waals surface area contributed by atoms with Crippen LogP contribution >= 0.6 is 0 Å².